The van der Waals surface area contributed by atoms with Crippen LogP contribution in [0.2, 0.25) is 0 Å². The largest absolute Gasteiger partial charge is 0.493 e. The molecule has 1 aromatic heterocycles. The average molecular weight is 393 g/mol. The number of carbonyl (C=O) groups is 1. The molecule has 0 unspecified atom stereocenters. The fourth-order valence-corrected chi connectivity index (χ4v) is 2.75. The molecule has 150 valence electrons. The smallest absolute Gasteiger partial charge is 0.319 e. The molecule has 7 heteroatoms. The lowest BCUT2D eigenvalue weighted by molar-refractivity contribution is 0.225. The number of amides is 2. The van der Waals surface area contributed by atoms with E-state index >= 15 is 0 Å². The third-order valence-corrected chi connectivity index (χ3v) is 4.26. The van der Waals surface area contributed by atoms with Gasteiger partial charge in [-0.25, -0.2) is 4.79 Å². The van der Waals surface area contributed by atoms with Crippen LogP contribution in [0.4, 0.5) is 10.5 Å². The lowest BCUT2D eigenvalue weighted by Crippen LogP contribution is -2.34. The highest BCUT2D eigenvalue weighted by atomic mass is 16.5. The van der Waals surface area contributed by atoms with Gasteiger partial charge < -0.3 is 25.2 Å². The zero-order valence-corrected chi connectivity index (χ0v) is 16.0. The summed E-state index contributed by atoms with van der Waals surface area (Å²) in [6.45, 7) is 0.134. The van der Waals surface area contributed by atoms with E-state index in [4.69, 9.17) is 9.47 Å². The SMILES string of the molecule is COc1ccc(NC(=O)N[C@@H](CO)c2ccccc2)cc1OCc1ccncc1. The maximum absolute atomic E-state index is 12.4. The molecule has 0 bridgehead atoms. The third kappa shape index (κ3) is 5.70. The van der Waals surface area contributed by atoms with Gasteiger partial charge in [-0.3, -0.25) is 4.98 Å². The summed E-state index contributed by atoms with van der Waals surface area (Å²) in [6, 6.07) is 17.2. The van der Waals surface area contributed by atoms with E-state index in [0.29, 0.717) is 23.8 Å². The molecule has 0 radical (unpaired) electrons. The molecule has 1 atom stereocenters. The average Bonchev–Trinajstić information content (AvgIpc) is 2.77. The minimum atomic E-state index is -0.503. The number of aliphatic hydroxyl groups excluding tert-OH is 1. The minimum Gasteiger partial charge on any atom is -0.493 e. The van der Waals surface area contributed by atoms with E-state index in [1.165, 1.54) is 0 Å². The molecule has 2 aromatic carbocycles. The highest BCUT2D eigenvalue weighted by Gasteiger charge is 2.14. The van der Waals surface area contributed by atoms with E-state index in [-0.39, 0.29) is 6.61 Å². The van der Waals surface area contributed by atoms with Gasteiger partial charge in [-0.1, -0.05) is 30.3 Å². The number of benzene rings is 2. The molecule has 3 aromatic rings. The number of nitrogens with one attached hydrogen (secondary N) is 2. The zero-order chi connectivity index (χ0) is 20.5. The first-order valence-corrected chi connectivity index (χ1v) is 9.12. The van der Waals surface area contributed by atoms with Crippen molar-refractivity contribution >= 4 is 11.7 Å². The maximum Gasteiger partial charge on any atom is 0.319 e. The Morgan fingerprint density at radius 3 is 2.52 bits per heavy atom. The molecule has 0 spiro atoms. The molecule has 3 rings (SSSR count). The quantitative estimate of drug-likeness (QED) is 0.545. The summed E-state index contributed by atoms with van der Waals surface area (Å²) in [7, 11) is 1.56. The van der Waals surface area contributed by atoms with E-state index in [9.17, 15) is 9.90 Å². The number of aliphatic hydroxyl groups is 1. The second-order valence-electron chi connectivity index (χ2n) is 6.25. The molecule has 0 aliphatic carbocycles. The number of aromatic nitrogens is 1. The number of methoxy groups -OCH3 is 1. The summed E-state index contributed by atoms with van der Waals surface area (Å²) in [5, 5.41) is 15.1. The molecule has 1 heterocycles. The van der Waals surface area contributed by atoms with Crippen LogP contribution in [0.1, 0.15) is 17.2 Å². The van der Waals surface area contributed by atoms with Crippen LogP contribution in [-0.2, 0) is 6.61 Å². The van der Waals surface area contributed by atoms with Crippen molar-refractivity contribution in [1.29, 1.82) is 0 Å². The van der Waals surface area contributed by atoms with Gasteiger partial charge in [-0.05, 0) is 35.4 Å². The Hall–Kier alpha value is -3.58. The molecule has 0 fully saturated rings. The summed E-state index contributed by atoms with van der Waals surface area (Å²) < 4.78 is 11.2. The van der Waals surface area contributed by atoms with Gasteiger partial charge in [-0.15, -0.1) is 0 Å². The molecular weight excluding hydrogens is 370 g/mol. The Balaban J connectivity index is 1.66. The highest BCUT2D eigenvalue weighted by molar-refractivity contribution is 5.90. The first-order valence-electron chi connectivity index (χ1n) is 9.12. The first kappa shape index (κ1) is 20.2. The number of ether oxygens (including phenoxy) is 2. The van der Waals surface area contributed by atoms with E-state index < -0.39 is 12.1 Å². The number of rotatable bonds is 8. The van der Waals surface area contributed by atoms with Gasteiger partial charge in [0, 0.05) is 24.1 Å². The van der Waals surface area contributed by atoms with Crippen molar-refractivity contribution in [2.45, 2.75) is 12.6 Å². The summed E-state index contributed by atoms with van der Waals surface area (Å²) in [6.07, 6.45) is 3.39. The Bertz CT molecular complexity index is 920. The lowest BCUT2D eigenvalue weighted by Gasteiger charge is -2.18. The topological polar surface area (TPSA) is 92.7 Å². The fourth-order valence-electron chi connectivity index (χ4n) is 2.75. The second kappa shape index (κ2) is 10.1. The van der Waals surface area contributed by atoms with Gasteiger partial charge in [-0.2, -0.15) is 0 Å². The molecule has 3 N–H and O–H groups in total. The van der Waals surface area contributed by atoms with Gasteiger partial charge in [0.05, 0.1) is 19.8 Å². The van der Waals surface area contributed by atoms with Gasteiger partial charge in [0.15, 0.2) is 11.5 Å². The van der Waals surface area contributed by atoms with Gasteiger partial charge in [0.25, 0.3) is 0 Å². The van der Waals surface area contributed by atoms with Gasteiger partial charge in [0.1, 0.15) is 6.61 Å². The van der Waals surface area contributed by atoms with E-state index in [1.807, 2.05) is 42.5 Å². The summed E-state index contributed by atoms with van der Waals surface area (Å²) in [5.41, 5.74) is 2.32. The van der Waals surface area contributed by atoms with Crippen molar-refractivity contribution in [2.24, 2.45) is 0 Å². The van der Waals surface area contributed by atoms with E-state index in [0.717, 1.165) is 11.1 Å². The normalized spacial score (nSPS) is 11.4. The van der Waals surface area contributed by atoms with Crippen molar-refractivity contribution < 1.29 is 19.4 Å². The van der Waals surface area contributed by atoms with Crippen LogP contribution in [-0.4, -0.2) is 29.8 Å². The highest BCUT2D eigenvalue weighted by Crippen LogP contribution is 2.31. The van der Waals surface area contributed by atoms with Gasteiger partial charge in [0.2, 0.25) is 0 Å². The summed E-state index contributed by atoms with van der Waals surface area (Å²) in [5.74, 6) is 1.06. The molecule has 7 nitrogen and oxygen atoms in total. The van der Waals surface area contributed by atoms with Crippen molar-refractivity contribution in [3.63, 3.8) is 0 Å². The maximum atomic E-state index is 12.4. The number of anilines is 1. The predicted octanol–water partition coefficient (Wildman–Crippen LogP) is 3.52. The van der Waals surface area contributed by atoms with Crippen molar-refractivity contribution in [2.75, 3.05) is 19.0 Å². The molecule has 0 saturated heterocycles. The third-order valence-electron chi connectivity index (χ3n) is 4.26. The number of hydrogen-bond acceptors (Lipinski definition) is 5. The van der Waals surface area contributed by atoms with Crippen molar-refractivity contribution in [3.8, 4) is 11.5 Å². The Kier molecular flexibility index (Phi) is 7.02. The van der Waals surface area contributed by atoms with Gasteiger partial charge >= 0.3 is 6.03 Å². The fraction of sp³-hybridized carbons (Fsp3) is 0.182. The van der Waals surface area contributed by atoms with E-state index in [2.05, 4.69) is 15.6 Å². The van der Waals surface area contributed by atoms with Crippen LogP contribution < -0.4 is 20.1 Å². The molecular formula is C22H23N3O4. The molecule has 29 heavy (non-hydrogen) atoms. The van der Waals surface area contributed by atoms with Crippen molar-refractivity contribution in [1.82, 2.24) is 10.3 Å². The number of nitrogens with zero attached hydrogens (tertiary/aromatic N) is 1. The van der Waals surface area contributed by atoms with Crippen LogP contribution in [0.25, 0.3) is 0 Å². The summed E-state index contributed by atoms with van der Waals surface area (Å²) in [4.78, 5) is 16.4. The predicted molar refractivity (Wildman–Crippen MR) is 110 cm³/mol. The van der Waals surface area contributed by atoms with E-state index in [1.54, 1.807) is 37.7 Å². The van der Waals surface area contributed by atoms with Crippen LogP contribution in [0.3, 0.4) is 0 Å². The number of urea groups is 1. The summed E-state index contributed by atoms with van der Waals surface area (Å²) >= 11 is 0. The molecule has 2 amide bonds. The van der Waals surface area contributed by atoms with Crippen LogP contribution in [0.15, 0.2) is 73.1 Å². The van der Waals surface area contributed by atoms with Crippen LogP contribution >= 0.6 is 0 Å². The molecule has 0 saturated carbocycles. The Morgan fingerprint density at radius 1 is 1.07 bits per heavy atom. The van der Waals surface area contributed by atoms with Crippen LogP contribution in [0.5, 0.6) is 11.5 Å². The number of pyridine rings is 1. The number of carbonyl (C=O) groups excluding carboxylic acids is 1. The monoisotopic (exact) mass is 393 g/mol. The Morgan fingerprint density at radius 2 is 1.83 bits per heavy atom. The number of hydrogen-bond donors (Lipinski definition) is 3. The van der Waals surface area contributed by atoms with Crippen LogP contribution in [0, 0.1) is 0 Å². The standard InChI is InChI=1S/C22H23N3O4/c1-28-20-8-7-18(13-21(20)29-15-16-9-11-23-12-10-16)24-22(27)25-19(14-26)17-5-3-2-4-6-17/h2-13,19,26H,14-15H2,1H3,(H2,24,25,27)/t19-/m0/s1. The molecule has 0 aliphatic heterocycles. The minimum absolute atomic E-state index is 0.208. The van der Waals surface area contributed by atoms with Crippen molar-refractivity contribution in [3.05, 3.63) is 84.2 Å². The first-order chi connectivity index (χ1) is 14.2. The zero-order valence-electron chi connectivity index (χ0n) is 16.0. The lowest BCUT2D eigenvalue weighted by atomic mass is 10.1. The second-order valence-corrected chi connectivity index (χ2v) is 6.25. The molecule has 0 aliphatic rings. The Labute approximate surface area is 169 Å².